The SMILES string of the molecule is O=C(CN1CCN(C(c2ccccc2)c2ccccc2)CC1)Nc1cccnc1Cl. The molecule has 154 valence electrons. The van der Waals surface area contributed by atoms with Gasteiger partial charge in [-0.15, -0.1) is 0 Å². The summed E-state index contributed by atoms with van der Waals surface area (Å²) in [5.74, 6) is -0.0685. The number of halogens is 1. The van der Waals surface area contributed by atoms with Crippen molar-refractivity contribution in [3.8, 4) is 0 Å². The van der Waals surface area contributed by atoms with Gasteiger partial charge in [-0.2, -0.15) is 0 Å². The van der Waals surface area contributed by atoms with Crippen molar-refractivity contribution in [3.05, 3.63) is 95.3 Å². The van der Waals surface area contributed by atoms with E-state index >= 15 is 0 Å². The van der Waals surface area contributed by atoms with Gasteiger partial charge in [0.05, 0.1) is 18.3 Å². The molecule has 1 amide bonds. The maximum atomic E-state index is 12.4. The third kappa shape index (κ3) is 5.05. The fraction of sp³-hybridized carbons (Fsp3) is 0.250. The van der Waals surface area contributed by atoms with E-state index in [1.165, 1.54) is 11.1 Å². The molecule has 5 nitrogen and oxygen atoms in total. The number of piperazine rings is 1. The number of carbonyl (C=O) groups excluding carboxylic acids is 1. The van der Waals surface area contributed by atoms with Gasteiger partial charge in [-0.3, -0.25) is 14.6 Å². The van der Waals surface area contributed by atoms with Crippen LogP contribution in [0.5, 0.6) is 0 Å². The van der Waals surface area contributed by atoms with E-state index in [4.69, 9.17) is 11.6 Å². The molecule has 1 fully saturated rings. The van der Waals surface area contributed by atoms with Crippen molar-refractivity contribution < 1.29 is 4.79 Å². The monoisotopic (exact) mass is 420 g/mol. The Bertz CT molecular complexity index is 920. The van der Waals surface area contributed by atoms with Crippen LogP contribution < -0.4 is 5.32 Å². The van der Waals surface area contributed by atoms with Crippen LogP contribution in [0.2, 0.25) is 5.15 Å². The van der Waals surface area contributed by atoms with Gasteiger partial charge in [0.2, 0.25) is 5.91 Å². The van der Waals surface area contributed by atoms with E-state index in [2.05, 4.69) is 80.8 Å². The molecule has 1 aliphatic heterocycles. The molecule has 0 radical (unpaired) electrons. The highest BCUT2D eigenvalue weighted by atomic mass is 35.5. The average molecular weight is 421 g/mol. The van der Waals surface area contributed by atoms with Gasteiger partial charge in [-0.25, -0.2) is 4.98 Å². The molecule has 4 rings (SSSR count). The van der Waals surface area contributed by atoms with Gasteiger partial charge >= 0.3 is 0 Å². The largest absolute Gasteiger partial charge is 0.322 e. The van der Waals surface area contributed by atoms with Crippen molar-refractivity contribution >= 4 is 23.2 Å². The van der Waals surface area contributed by atoms with Gasteiger partial charge in [0, 0.05) is 32.4 Å². The van der Waals surface area contributed by atoms with E-state index in [-0.39, 0.29) is 11.9 Å². The zero-order valence-electron chi connectivity index (χ0n) is 16.7. The van der Waals surface area contributed by atoms with Gasteiger partial charge in [0.25, 0.3) is 0 Å². The lowest BCUT2D eigenvalue weighted by Gasteiger charge is -2.39. The fourth-order valence-corrected chi connectivity index (χ4v) is 4.10. The van der Waals surface area contributed by atoms with Gasteiger partial charge in [0.1, 0.15) is 0 Å². The number of anilines is 1. The Hall–Kier alpha value is -2.73. The van der Waals surface area contributed by atoms with Gasteiger partial charge in [0.15, 0.2) is 5.15 Å². The van der Waals surface area contributed by atoms with Crippen LogP contribution in [0, 0.1) is 0 Å². The quantitative estimate of drug-likeness (QED) is 0.610. The summed E-state index contributed by atoms with van der Waals surface area (Å²) in [5.41, 5.74) is 3.14. The minimum Gasteiger partial charge on any atom is -0.322 e. The lowest BCUT2D eigenvalue weighted by atomic mass is 9.96. The third-order valence-corrected chi connectivity index (χ3v) is 5.70. The second-order valence-corrected chi connectivity index (χ2v) is 7.78. The first-order valence-corrected chi connectivity index (χ1v) is 10.5. The molecule has 0 atom stereocenters. The minimum absolute atomic E-state index is 0.0685. The molecule has 1 N–H and O–H groups in total. The summed E-state index contributed by atoms with van der Waals surface area (Å²) in [6, 6.07) is 25.0. The molecule has 2 heterocycles. The summed E-state index contributed by atoms with van der Waals surface area (Å²) < 4.78 is 0. The molecule has 1 aromatic heterocycles. The van der Waals surface area contributed by atoms with E-state index in [1.807, 2.05) is 0 Å². The zero-order chi connectivity index (χ0) is 20.8. The normalized spacial score (nSPS) is 15.3. The van der Waals surface area contributed by atoms with Crippen LogP contribution in [0.1, 0.15) is 17.2 Å². The first kappa shape index (κ1) is 20.5. The second kappa shape index (κ2) is 9.85. The van der Waals surface area contributed by atoms with Crippen LogP contribution in [-0.2, 0) is 4.79 Å². The summed E-state index contributed by atoms with van der Waals surface area (Å²) in [5, 5.41) is 3.16. The highest BCUT2D eigenvalue weighted by Crippen LogP contribution is 2.29. The topological polar surface area (TPSA) is 48.5 Å². The Balaban J connectivity index is 1.39. The van der Waals surface area contributed by atoms with E-state index in [1.54, 1.807) is 18.3 Å². The Morgan fingerprint density at radius 3 is 2.07 bits per heavy atom. The van der Waals surface area contributed by atoms with Gasteiger partial charge in [-0.1, -0.05) is 72.3 Å². The molecule has 3 aromatic rings. The highest BCUT2D eigenvalue weighted by Gasteiger charge is 2.27. The van der Waals surface area contributed by atoms with Gasteiger partial charge in [-0.05, 0) is 23.3 Å². The summed E-state index contributed by atoms with van der Waals surface area (Å²) in [7, 11) is 0. The Kier molecular flexibility index (Phi) is 6.74. The van der Waals surface area contributed by atoms with Crippen molar-refractivity contribution in [2.45, 2.75) is 6.04 Å². The van der Waals surface area contributed by atoms with Crippen LogP contribution >= 0.6 is 11.6 Å². The number of hydrogen-bond donors (Lipinski definition) is 1. The van der Waals surface area contributed by atoms with Crippen molar-refractivity contribution in [2.24, 2.45) is 0 Å². The smallest absolute Gasteiger partial charge is 0.238 e. The van der Waals surface area contributed by atoms with Crippen molar-refractivity contribution in [1.29, 1.82) is 0 Å². The second-order valence-electron chi connectivity index (χ2n) is 7.43. The lowest BCUT2D eigenvalue weighted by molar-refractivity contribution is -0.117. The van der Waals surface area contributed by atoms with Crippen molar-refractivity contribution in [1.82, 2.24) is 14.8 Å². The molecule has 0 spiro atoms. The summed E-state index contributed by atoms with van der Waals surface area (Å²) in [6.45, 7) is 3.82. The van der Waals surface area contributed by atoms with Crippen LogP contribution in [0.3, 0.4) is 0 Å². The zero-order valence-corrected chi connectivity index (χ0v) is 17.5. The van der Waals surface area contributed by atoms with Crippen LogP contribution in [0.4, 0.5) is 5.69 Å². The van der Waals surface area contributed by atoms with E-state index in [9.17, 15) is 4.79 Å². The van der Waals surface area contributed by atoms with Crippen LogP contribution in [0.25, 0.3) is 0 Å². The maximum Gasteiger partial charge on any atom is 0.238 e. The molecule has 0 bridgehead atoms. The number of benzene rings is 2. The first-order chi connectivity index (χ1) is 14.7. The lowest BCUT2D eigenvalue weighted by Crippen LogP contribution is -2.49. The Morgan fingerprint density at radius 1 is 0.900 bits per heavy atom. The fourth-order valence-electron chi connectivity index (χ4n) is 3.94. The number of carbonyl (C=O) groups is 1. The number of rotatable bonds is 6. The number of aromatic nitrogens is 1. The summed E-state index contributed by atoms with van der Waals surface area (Å²) in [4.78, 5) is 21.1. The predicted octanol–water partition coefficient (Wildman–Crippen LogP) is 4.08. The summed E-state index contributed by atoms with van der Waals surface area (Å²) >= 11 is 6.04. The Morgan fingerprint density at radius 2 is 1.50 bits per heavy atom. The minimum atomic E-state index is -0.0685. The maximum absolute atomic E-state index is 12.4. The average Bonchev–Trinajstić information content (AvgIpc) is 2.78. The number of amides is 1. The number of nitrogens with zero attached hydrogens (tertiary/aromatic N) is 3. The van der Waals surface area contributed by atoms with Crippen LogP contribution in [-0.4, -0.2) is 53.4 Å². The third-order valence-electron chi connectivity index (χ3n) is 5.40. The van der Waals surface area contributed by atoms with E-state index in [0.29, 0.717) is 17.4 Å². The van der Waals surface area contributed by atoms with Gasteiger partial charge < -0.3 is 5.32 Å². The molecule has 1 aliphatic rings. The number of hydrogen-bond acceptors (Lipinski definition) is 4. The van der Waals surface area contributed by atoms with Crippen LogP contribution in [0.15, 0.2) is 79.0 Å². The molecule has 1 saturated heterocycles. The molecule has 6 heteroatoms. The van der Waals surface area contributed by atoms with E-state index in [0.717, 1.165) is 26.2 Å². The first-order valence-electron chi connectivity index (χ1n) is 10.2. The predicted molar refractivity (Wildman–Crippen MR) is 121 cm³/mol. The van der Waals surface area contributed by atoms with Crippen molar-refractivity contribution in [3.63, 3.8) is 0 Å². The standard InChI is InChI=1S/C24H25ClN4O/c25-24-21(12-7-13-26-24)27-22(30)18-28-14-16-29(17-15-28)23(19-8-3-1-4-9-19)20-10-5-2-6-11-20/h1-13,23H,14-18H2,(H,27,30). The molecule has 0 unspecified atom stereocenters. The molecule has 2 aromatic carbocycles. The molecule has 0 aliphatic carbocycles. The number of nitrogens with one attached hydrogen (secondary N) is 1. The molecule has 0 saturated carbocycles. The molecular formula is C24H25ClN4O. The highest BCUT2D eigenvalue weighted by molar-refractivity contribution is 6.32. The van der Waals surface area contributed by atoms with Crippen molar-refractivity contribution in [2.75, 3.05) is 38.0 Å². The number of pyridine rings is 1. The van der Waals surface area contributed by atoms with E-state index < -0.39 is 0 Å². The molecular weight excluding hydrogens is 396 g/mol. The molecule has 30 heavy (non-hydrogen) atoms. The Labute approximate surface area is 182 Å². The summed E-state index contributed by atoms with van der Waals surface area (Å²) in [6.07, 6.45) is 1.60.